The Hall–Kier alpha value is -2.09. The molecule has 0 aliphatic carbocycles. The fourth-order valence-corrected chi connectivity index (χ4v) is 5.39. The van der Waals surface area contributed by atoms with Gasteiger partial charge >= 0.3 is 0 Å². The zero-order valence-electron chi connectivity index (χ0n) is 16.3. The van der Waals surface area contributed by atoms with Crippen LogP contribution < -0.4 is 10.1 Å². The van der Waals surface area contributed by atoms with Crippen molar-refractivity contribution in [1.29, 1.82) is 0 Å². The van der Waals surface area contributed by atoms with Crippen LogP contribution in [0, 0.1) is 0 Å². The Morgan fingerprint density at radius 1 is 1.17 bits per heavy atom. The van der Waals surface area contributed by atoms with Crippen LogP contribution in [-0.2, 0) is 21.4 Å². The summed E-state index contributed by atoms with van der Waals surface area (Å²) in [5.41, 5.74) is 0.828. The average molecular weight is 437 g/mol. The number of amides is 1. The van der Waals surface area contributed by atoms with Gasteiger partial charge in [0.15, 0.2) is 0 Å². The summed E-state index contributed by atoms with van der Waals surface area (Å²) < 4.78 is 32.8. The molecule has 2 aromatic rings. The first-order valence-corrected chi connectivity index (χ1v) is 11.4. The van der Waals surface area contributed by atoms with Crippen molar-refractivity contribution in [3.63, 3.8) is 0 Å². The van der Waals surface area contributed by atoms with Gasteiger partial charge in [-0.3, -0.25) is 4.79 Å². The normalized spacial score (nSPS) is 17.7. The number of carbonyl (C=O) groups is 1. The summed E-state index contributed by atoms with van der Waals surface area (Å²) in [4.78, 5) is 12.7. The number of halogens is 1. The quantitative estimate of drug-likeness (QED) is 0.719. The number of nitrogens with zero attached hydrogens (tertiary/aromatic N) is 1. The van der Waals surface area contributed by atoms with Crippen molar-refractivity contribution >= 4 is 27.5 Å². The minimum atomic E-state index is -3.68. The maximum absolute atomic E-state index is 13.1. The molecule has 29 heavy (non-hydrogen) atoms. The van der Waals surface area contributed by atoms with Crippen molar-refractivity contribution < 1.29 is 17.9 Å². The minimum absolute atomic E-state index is 0.125. The van der Waals surface area contributed by atoms with E-state index in [1.54, 1.807) is 18.2 Å². The third-order valence-corrected chi connectivity index (χ3v) is 7.43. The summed E-state index contributed by atoms with van der Waals surface area (Å²) in [6.07, 6.45) is 2.47. The number of hydrogen-bond acceptors (Lipinski definition) is 4. The Morgan fingerprint density at radius 3 is 2.59 bits per heavy atom. The molecule has 1 fully saturated rings. The van der Waals surface area contributed by atoms with Gasteiger partial charge in [0.1, 0.15) is 5.75 Å². The predicted octanol–water partition coefficient (Wildman–Crippen LogP) is 3.60. The van der Waals surface area contributed by atoms with E-state index in [4.69, 9.17) is 16.3 Å². The second kappa shape index (κ2) is 9.61. The number of nitrogens with one attached hydrogen (secondary N) is 1. The molecular weight excluding hydrogens is 412 g/mol. The van der Waals surface area contributed by atoms with E-state index in [1.807, 2.05) is 18.2 Å². The monoisotopic (exact) mass is 436 g/mol. The first kappa shape index (κ1) is 21.6. The van der Waals surface area contributed by atoms with Gasteiger partial charge in [0.25, 0.3) is 0 Å². The molecule has 0 spiro atoms. The molecule has 0 saturated carbocycles. The van der Waals surface area contributed by atoms with Gasteiger partial charge in [-0.25, -0.2) is 8.42 Å². The van der Waals surface area contributed by atoms with Crippen LogP contribution in [0.3, 0.4) is 0 Å². The second-order valence-electron chi connectivity index (χ2n) is 7.01. The Kier molecular flexibility index (Phi) is 7.16. The maximum Gasteiger partial charge on any atom is 0.243 e. The van der Waals surface area contributed by atoms with Crippen LogP contribution >= 0.6 is 11.6 Å². The van der Waals surface area contributed by atoms with E-state index >= 15 is 0 Å². The molecule has 1 amide bonds. The first-order valence-electron chi connectivity index (χ1n) is 9.58. The molecule has 1 saturated heterocycles. The van der Waals surface area contributed by atoms with Gasteiger partial charge in [0.05, 0.1) is 12.0 Å². The number of sulfonamides is 1. The van der Waals surface area contributed by atoms with Gasteiger partial charge < -0.3 is 10.1 Å². The average Bonchev–Trinajstić information content (AvgIpc) is 2.73. The van der Waals surface area contributed by atoms with Gasteiger partial charge in [0.2, 0.25) is 15.9 Å². The minimum Gasteiger partial charge on any atom is -0.497 e. The lowest BCUT2D eigenvalue weighted by atomic mass is 10.0. The van der Waals surface area contributed by atoms with E-state index in [0.717, 1.165) is 18.4 Å². The van der Waals surface area contributed by atoms with Crippen LogP contribution in [0.4, 0.5) is 0 Å². The zero-order valence-corrected chi connectivity index (χ0v) is 17.9. The SMILES string of the molecule is COc1ccc(S(=O)(=O)N2CCCC[C@H]2CC(=O)NCc2ccccc2Cl)cc1. The van der Waals surface area contributed by atoms with E-state index < -0.39 is 10.0 Å². The fourth-order valence-electron chi connectivity index (χ4n) is 3.50. The maximum atomic E-state index is 13.1. The largest absolute Gasteiger partial charge is 0.497 e. The fraction of sp³-hybridized carbons (Fsp3) is 0.381. The third kappa shape index (κ3) is 5.29. The number of piperidine rings is 1. The summed E-state index contributed by atoms with van der Waals surface area (Å²) in [5, 5.41) is 3.44. The van der Waals surface area contributed by atoms with Crippen molar-refractivity contribution in [3.05, 3.63) is 59.1 Å². The molecule has 0 radical (unpaired) electrons. The molecule has 1 heterocycles. The third-order valence-electron chi connectivity index (χ3n) is 5.09. The highest BCUT2D eigenvalue weighted by molar-refractivity contribution is 7.89. The Morgan fingerprint density at radius 2 is 1.90 bits per heavy atom. The first-order chi connectivity index (χ1) is 13.9. The Balaban J connectivity index is 1.68. The van der Waals surface area contributed by atoms with Crippen LogP contribution in [0.25, 0.3) is 0 Å². The van der Waals surface area contributed by atoms with E-state index in [1.165, 1.54) is 23.5 Å². The smallest absolute Gasteiger partial charge is 0.243 e. The molecule has 0 bridgehead atoms. The number of benzene rings is 2. The highest BCUT2D eigenvalue weighted by Crippen LogP contribution is 2.28. The lowest BCUT2D eigenvalue weighted by Gasteiger charge is -2.34. The van der Waals surface area contributed by atoms with Crippen LogP contribution in [0.2, 0.25) is 5.02 Å². The van der Waals surface area contributed by atoms with E-state index in [0.29, 0.717) is 30.3 Å². The topological polar surface area (TPSA) is 75.7 Å². The molecule has 0 aromatic heterocycles. The van der Waals surface area contributed by atoms with Gasteiger partial charge in [-0.15, -0.1) is 0 Å². The van der Waals surface area contributed by atoms with Crippen molar-refractivity contribution in [2.45, 2.75) is 43.2 Å². The molecule has 6 nitrogen and oxygen atoms in total. The molecule has 1 N–H and O–H groups in total. The molecule has 3 rings (SSSR count). The highest BCUT2D eigenvalue weighted by Gasteiger charge is 2.34. The number of methoxy groups -OCH3 is 1. The molecule has 156 valence electrons. The summed E-state index contributed by atoms with van der Waals surface area (Å²) >= 11 is 6.12. The number of rotatable bonds is 7. The highest BCUT2D eigenvalue weighted by atomic mass is 35.5. The van der Waals surface area contributed by atoms with Crippen LogP contribution in [0.1, 0.15) is 31.2 Å². The van der Waals surface area contributed by atoms with E-state index in [-0.39, 0.29) is 23.3 Å². The van der Waals surface area contributed by atoms with Crippen LogP contribution in [0.15, 0.2) is 53.4 Å². The second-order valence-corrected chi connectivity index (χ2v) is 9.31. The Bertz CT molecular complexity index is 947. The van der Waals surface area contributed by atoms with Crippen molar-refractivity contribution in [1.82, 2.24) is 9.62 Å². The summed E-state index contributed by atoms with van der Waals surface area (Å²) in [5.74, 6) is 0.407. The molecule has 1 atom stereocenters. The van der Waals surface area contributed by atoms with E-state index in [2.05, 4.69) is 5.32 Å². The lowest BCUT2D eigenvalue weighted by Crippen LogP contribution is -2.45. The summed E-state index contributed by atoms with van der Waals surface area (Å²) in [7, 11) is -2.15. The van der Waals surface area contributed by atoms with Gasteiger partial charge in [-0.05, 0) is 48.7 Å². The number of hydrogen-bond donors (Lipinski definition) is 1. The predicted molar refractivity (Wildman–Crippen MR) is 112 cm³/mol. The summed E-state index contributed by atoms with van der Waals surface area (Å²) in [6, 6.07) is 13.3. The number of ether oxygens (including phenoxy) is 1. The van der Waals surface area contributed by atoms with Crippen molar-refractivity contribution in [3.8, 4) is 5.75 Å². The molecule has 8 heteroatoms. The van der Waals surface area contributed by atoms with Crippen LogP contribution in [-0.4, -0.2) is 38.3 Å². The lowest BCUT2D eigenvalue weighted by molar-refractivity contribution is -0.122. The molecule has 1 aliphatic heterocycles. The standard InChI is InChI=1S/C21H25ClN2O4S/c1-28-18-9-11-19(12-10-18)29(26,27)24-13-5-4-7-17(24)14-21(25)23-15-16-6-2-3-8-20(16)22/h2-3,6,8-12,17H,4-5,7,13-15H2,1H3,(H,23,25)/t17-/m0/s1. The van der Waals surface area contributed by atoms with Gasteiger partial charge in [-0.1, -0.05) is 36.2 Å². The van der Waals surface area contributed by atoms with E-state index in [9.17, 15) is 13.2 Å². The molecular formula is C21H25ClN2O4S. The number of carbonyl (C=O) groups excluding carboxylic acids is 1. The van der Waals surface area contributed by atoms with Crippen LogP contribution in [0.5, 0.6) is 5.75 Å². The van der Waals surface area contributed by atoms with Crippen molar-refractivity contribution in [2.24, 2.45) is 0 Å². The van der Waals surface area contributed by atoms with Crippen molar-refractivity contribution in [2.75, 3.05) is 13.7 Å². The summed E-state index contributed by atoms with van der Waals surface area (Å²) in [6.45, 7) is 0.729. The van der Waals surface area contributed by atoms with Gasteiger partial charge in [0, 0.05) is 30.6 Å². The van der Waals surface area contributed by atoms with Gasteiger partial charge in [-0.2, -0.15) is 4.31 Å². The molecule has 0 unspecified atom stereocenters. The molecule has 2 aromatic carbocycles. The zero-order chi connectivity index (χ0) is 20.9. The molecule has 1 aliphatic rings. The Labute approximate surface area is 176 Å².